The molecule has 0 aromatic heterocycles. The van der Waals surface area contributed by atoms with E-state index in [1.165, 1.54) is 24.0 Å². The van der Waals surface area contributed by atoms with Gasteiger partial charge in [0.1, 0.15) is 0 Å². The quantitative estimate of drug-likeness (QED) is 0.627. The molecule has 1 aliphatic rings. The van der Waals surface area contributed by atoms with Gasteiger partial charge in [-0.2, -0.15) is 0 Å². The van der Waals surface area contributed by atoms with Gasteiger partial charge in [-0.3, -0.25) is 14.5 Å². The zero-order valence-electron chi connectivity index (χ0n) is 18.0. The molecule has 0 bridgehead atoms. The van der Waals surface area contributed by atoms with Crippen molar-refractivity contribution in [3.63, 3.8) is 0 Å². The zero-order valence-corrected chi connectivity index (χ0v) is 18.8. The Labute approximate surface area is 183 Å². The fourth-order valence-corrected chi connectivity index (χ4v) is 4.43. The van der Waals surface area contributed by atoms with Crippen molar-refractivity contribution in [1.82, 2.24) is 10.2 Å². The van der Waals surface area contributed by atoms with Crippen molar-refractivity contribution in [2.75, 3.05) is 31.7 Å². The van der Waals surface area contributed by atoms with Crippen LogP contribution in [0.25, 0.3) is 0 Å². The van der Waals surface area contributed by atoms with E-state index in [1.807, 2.05) is 37.4 Å². The van der Waals surface area contributed by atoms with Crippen LogP contribution in [0.5, 0.6) is 0 Å². The highest BCUT2D eigenvalue weighted by Crippen LogP contribution is 2.25. The number of para-hydroxylation sites is 1. The molecule has 0 saturated carbocycles. The summed E-state index contributed by atoms with van der Waals surface area (Å²) in [5.41, 5.74) is 4.79. The third-order valence-corrected chi connectivity index (χ3v) is 6.25. The monoisotopic (exact) mass is 425 g/mol. The molecule has 0 unspecified atom stereocenters. The summed E-state index contributed by atoms with van der Waals surface area (Å²) in [6.45, 7) is 2.34. The lowest BCUT2D eigenvalue weighted by Crippen LogP contribution is -2.39. The highest BCUT2D eigenvalue weighted by molar-refractivity contribution is 7.98. The molecule has 0 saturated heterocycles. The van der Waals surface area contributed by atoms with E-state index in [1.54, 1.807) is 23.7 Å². The summed E-state index contributed by atoms with van der Waals surface area (Å²) >= 11 is 1.59. The number of thioether (sulfide) groups is 1. The van der Waals surface area contributed by atoms with Crippen LogP contribution in [0.2, 0.25) is 0 Å². The first-order chi connectivity index (χ1) is 14.5. The molecule has 0 fully saturated rings. The zero-order chi connectivity index (χ0) is 21.5. The van der Waals surface area contributed by atoms with Crippen molar-refractivity contribution in [1.29, 1.82) is 0 Å². The number of fused-ring (bicyclic) bond motifs is 1. The van der Waals surface area contributed by atoms with Crippen molar-refractivity contribution < 1.29 is 9.59 Å². The summed E-state index contributed by atoms with van der Waals surface area (Å²) in [5.74, 6) is -0.213. The minimum atomic E-state index is -0.130. The van der Waals surface area contributed by atoms with E-state index in [2.05, 4.69) is 28.8 Å². The van der Waals surface area contributed by atoms with Gasteiger partial charge in [-0.25, -0.2) is 0 Å². The first-order valence-electron chi connectivity index (χ1n) is 10.5. The second-order valence-electron chi connectivity index (χ2n) is 7.95. The Balaban J connectivity index is 1.48. The molecular formula is C24H31N3O2S. The molecule has 2 aromatic rings. The summed E-state index contributed by atoms with van der Waals surface area (Å²) in [7, 11) is 1.78. The average Bonchev–Trinajstić information content (AvgIpc) is 2.73. The number of likely N-dealkylation sites (N-methyl/N-ethyl adjacent to an activating group) is 1. The highest BCUT2D eigenvalue weighted by Gasteiger charge is 2.16. The maximum atomic E-state index is 12.5. The Morgan fingerprint density at radius 2 is 1.73 bits per heavy atom. The fraction of sp³-hybridized carbons (Fsp3) is 0.417. The topological polar surface area (TPSA) is 61.4 Å². The Morgan fingerprint density at radius 3 is 2.50 bits per heavy atom. The summed E-state index contributed by atoms with van der Waals surface area (Å²) in [6.07, 6.45) is 6.77. The highest BCUT2D eigenvalue weighted by atomic mass is 32.2. The second-order valence-corrected chi connectivity index (χ2v) is 8.79. The minimum absolute atomic E-state index is 0.0552. The van der Waals surface area contributed by atoms with Crippen molar-refractivity contribution >= 4 is 29.3 Å². The standard InChI is InChI=1S/C24H31N3O2S/c1-17(19-13-12-18-8-4-5-9-20(18)14-19)25-23(28)15-27(2)16-24(29)26-21-10-6-7-11-22(21)30-3/h6-7,10-14,17H,4-5,8-9,15-16H2,1-3H3,(H,25,28)(H,26,29)/t17-/m1/s1. The van der Waals surface area contributed by atoms with Crippen LogP contribution >= 0.6 is 11.8 Å². The number of amides is 2. The molecule has 2 aromatic carbocycles. The number of aryl methyl sites for hydroxylation is 2. The van der Waals surface area contributed by atoms with Crippen LogP contribution in [-0.4, -0.2) is 43.1 Å². The van der Waals surface area contributed by atoms with Crippen molar-refractivity contribution in [3.8, 4) is 0 Å². The molecule has 3 rings (SSSR count). The lowest BCUT2D eigenvalue weighted by Gasteiger charge is -2.21. The molecule has 1 atom stereocenters. The number of hydrogen-bond acceptors (Lipinski definition) is 4. The molecule has 2 N–H and O–H groups in total. The van der Waals surface area contributed by atoms with E-state index in [4.69, 9.17) is 0 Å². The number of carbonyl (C=O) groups excluding carboxylic acids is 2. The molecule has 1 aliphatic carbocycles. The van der Waals surface area contributed by atoms with Crippen LogP contribution in [0, 0.1) is 0 Å². The van der Waals surface area contributed by atoms with Gasteiger partial charge in [-0.05, 0) is 74.7 Å². The van der Waals surface area contributed by atoms with Crippen molar-refractivity contribution in [2.24, 2.45) is 0 Å². The summed E-state index contributed by atoms with van der Waals surface area (Å²) < 4.78 is 0. The largest absolute Gasteiger partial charge is 0.348 e. The normalized spacial score (nSPS) is 14.1. The van der Waals surface area contributed by atoms with Crippen LogP contribution in [0.15, 0.2) is 47.4 Å². The van der Waals surface area contributed by atoms with Crippen molar-refractivity contribution in [3.05, 3.63) is 59.2 Å². The summed E-state index contributed by atoms with van der Waals surface area (Å²) in [4.78, 5) is 27.6. The van der Waals surface area contributed by atoms with Gasteiger partial charge >= 0.3 is 0 Å². The predicted molar refractivity (Wildman–Crippen MR) is 124 cm³/mol. The Morgan fingerprint density at radius 1 is 1.03 bits per heavy atom. The van der Waals surface area contributed by atoms with Gasteiger partial charge in [0.25, 0.3) is 0 Å². The lowest BCUT2D eigenvalue weighted by atomic mass is 9.89. The summed E-state index contributed by atoms with van der Waals surface area (Å²) in [6, 6.07) is 14.2. The number of benzene rings is 2. The smallest absolute Gasteiger partial charge is 0.238 e. The molecule has 0 spiro atoms. The van der Waals surface area contributed by atoms with Gasteiger partial charge in [0.15, 0.2) is 0 Å². The molecule has 6 heteroatoms. The molecule has 30 heavy (non-hydrogen) atoms. The Kier molecular flexibility index (Phi) is 7.94. The van der Waals surface area contributed by atoms with Crippen LogP contribution in [-0.2, 0) is 22.4 Å². The van der Waals surface area contributed by atoms with Gasteiger partial charge in [0.05, 0.1) is 24.8 Å². The molecule has 160 valence electrons. The van der Waals surface area contributed by atoms with Crippen molar-refractivity contribution in [2.45, 2.75) is 43.5 Å². The third kappa shape index (κ3) is 6.09. The molecular weight excluding hydrogens is 394 g/mol. The number of rotatable bonds is 8. The Hall–Kier alpha value is -2.31. The van der Waals surface area contributed by atoms with E-state index in [9.17, 15) is 9.59 Å². The molecule has 5 nitrogen and oxygen atoms in total. The van der Waals surface area contributed by atoms with Gasteiger partial charge in [0.2, 0.25) is 11.8 Å². The van der Waals surface area contributed by atoms with Crippen LogP contribution in [0.1, 0.15) is 42.5 Å². The van der Waals surface area contributed by atoms with Gasteiger partial charge < -0.3 is 10.6 Å². The summed E-state index contributed by atoms with van der Waals surface area (Å²) in [5, 5.41) is 5.99. The van der Waals surface area contributed by atoms with Crippen LogP contribution in [0.4, 0.5) is 5.69 Å². The number of nitrogens with zero attached hydrogens (tertiary/aromatic N) is 1. The van der Waals surface area contributed by atoms with Gasteiger partial charge in [-0.15, -0.1) is 11.8 Å². The van der Waals surface area contributed by atoms with E-state index in [-0.39, 0.29) is 30.9 Å². The molecule has 0 heterocycles. The molecule has 2 amide bonds. The second kappa shape index (κ2) is 10.6. The Bertz CT molecular complexity index is 900. The molecule has 0 radical (unpaired) electrons. The van der Waals surface area contributed by atoms with Gasteiger partial charge in [-0.1, -0.05) is 30.3 Å². The maximum Gasteiger partial charge on any atom is 0.238 e. The van der Waals surface area contributed by atoms with E-state index >= 15 is 0 Å². The molecule has 0 aliphatic heterocycles. The minimum Gasteiger partial charge on any atom is -0.348 e. The average molecular weight is 426 g/mol. The predicted octanol–water partition coefficient (Wildman–Crippen LogP) is 4.04. The fourth-order valence-electron chi connectivity index (χ4n) is 3.88. The third-order valence-electron chi connectivity index (χ3n) is 5.46. The lowest BCUT2D eigenvalue weighted by molar-refractivity contribution is -0.123. The van der Waals surface area contributed by atoms with E-state index < -0.39 is 0 Å². The number of nitrogens with one attached hydrogen (secondary N) is 2. The first-order valence-corrected chi connectivity index (χ1v) is 11.7. The number of hydrogen-bond donors (Lipinski definition) is 2. The SMILES string of the molecule is CSc1ccccc1NC(=O)CN(C)CC(=O)N[C@H](C)c1ccc2c(c1)CCCC2. The maximum absolute atomic E-state index is 12.5. The van der Waals surface area contributed by atoms with E-state index in [0.717, 1.165) is 29.0 Å². The number of anilines is 1. The van der Waals surface area contributed by atoms with Gasteiger partial charge in [0, 0.05) is 4.90 Å². The van der Waals surface area contributed by atoms with Crippen LogP contribution in [0.3, 0.4) is 0 Å². The number of carbonyl (C=O) groups is 2. The van der Waals surface area contributed by atoms with Crippen LogP contribution < -0.4 is 10.6 Å². The van der Waals surface area contributed by atoms with E-state index in [0.29, 0.717) is 0 Å². The first kappa shape index (κ1) is 22.4.